The molecular formula is C26H25N7O2. The van der Waals surface area contributed by atoms with Crippen molar-refractivity contribution in [3.05, 3.63) is 77.9 Å². The number of hydrogen-bond acceptors (Lipinski definition) is 7. The number of para-hydroxylation sites is 1. The first-order valence-electron chi connectivity index (χ1n) is 11.3. The van der Waals surface area contributed by atoms with Gasteiger partial charge in [-0.05, 0) is 46.2 Å². The van der Waals surface area contributed by atoms with Crippen LogP contribution in [-0.2, 0) is 11.3 Å². The second-order valence-corrected chi connectivity index (χ2v) is 8.17. The highest BCUT2D eigenvalue weighted by Crippen LogP contribution is 2.31. The first-order chi connectivity index (χ1) is 17.1. The number of benzene rings is 3. The zero-order valence-electron chi connectivity index (χ0n) is 19.8. The number of ether oxygens (including phenoxy) is 1. The van der Waals surface area contributed by atoms with Gasteiger partial charge in [-0.15, -0.1) is 5.10 Å². The van der Waals surface area contributed by atoms with Crippen LogP contribution in [0.25, 0.3) is 33.5 Å². The van der Waals surface area contributed by atoms with Gasteiger partial charge in [0.25, 0.3) is 0 Å². The lowest BCUT2D eigenvalue weighted by atomic mass is 9.98. The van der Waals surface area contributed by atoms with E-state index in [0.29, 0.717) is 17.9 Å². The van der Waals surface area contributed by atoms with E-state index in [1.165, 1.54) is 7.11 Å². The van der Waals surface area contributed by atoms with E-state index >= 15 is 0 Å². The molecule has 3 aromatic carbocycles. The fraction of sp³-hybridized carbons (Fsp3) is 0.192. The molecule has 0 fully saturated rings. The highest BCUT2D eigenvalue weighted by molar-refractivity contribution is 6.03. The molecule has 176 valence electrons. The number of anilines is 1. The van der Waals surface area contributed by atoms with Crippen LogP contribution >= 0.6 is 0 Å². The molecule has 0 bridgehead atoms. The summed E-state index contributed by atoms with van der Waals surface area (Å²) in [6.45, 7) is 3.41. The number of methoxy groups -OCH3 is 1. The van der Waals surface area contributed by atoms with Crippen molar-refractivity contribution >= 4 is 23.0 Å². The average Bonchev–Trinajstić information content (AvgIpc) is 3.57. The quantitative estimate of drug-likeness (QED) is 0.358. The Morgan fingerprint density at radius 1 is 1.03 bits per heavy atom. The average molecular weight is 468 g/mol. The van der Waals surface area contributed by atoms with Gasteiger partial charge in [0, 0.05) is 19.2 Å². The minimum absolute atomic E-state index is 0.378. The number of nitrogens with one attached hydrogen (secondary N) is 1. The Morgan fingerprint density at radius 3 is 2.49 bits per heavy atom. The van der Waals surface area contributed by atoms with Crippen LogP contribution in [0.3, 0.4) is 0 Å². The molecule has 0 unspecified atom stereocenters. The van der Waals surface area contributed by atoms with Crippen LogP contribution in [0.5, 0.6) is 0 Å². The summed E-state index contributed by atoms with van der Waals surface area (Å²) in [6, 6.07) is 21.9. The van der Waals surface area contributed by atoms with Crippen molar-refractivity contribution in [2.45, 2.75) is 13.5 Å². The molecule has 0 aliphatic heterocycles. The van der Waals surface area contributed by atoms with Crippen molar-refractivity contribution in [1.29, 1.82) is 0 Å². The number of hydrogen-bond donors (Lipinski definition) is 1. The van der Waals surface area contributed by atoms with Crippen molar-refractivity contribution in [3.63, 3.8) is 0 Å². The molecule has 1 N–H and O–H groups in total. The van der Waals surface area contributed by atoms with Gasteiger partial charge < -0.3 is 14.2 Å². The smallest absolute Gasteiger partial charge is 0.340 e. The maximum absolute atomic E-state index is 12.5. The number of carbonyl (C=O) groups excluding carboxylic acids is 1. The number of carbonyl (C=O) groups is 1. The fourth-order valence-electron chi connectivity index (χ4n) is 4.22. The molecule has 9 nitrogen and oxygen atoms in total. The molecule has 9 heteroatoms. The molecule has 0 amide bonds. The van der Waals surface area contributed by atoms with Crippen molar-refractivity contribution in [2.24, 2.45) is 0 Å². The third-order valence-corrected chi connectivity index (χ3v) is 6.10. The summed E-state index contributed by atoms with van der Waals surface area (Å²) >= 11 is 0. The van der Waals surface area contributed by atoms with Crippen molar-refractivity contribution in [2.75, 3.05) is 25.6 Å². The molecule has 0 aliphatic carbocycles. The fourth-order valence-corrected chi connectivity index (χ4v) is 4.22. The number of nitrogens with zero attached hydrogens (tertiary/aromatic N) is 6. The molecule has 5 rings (SSSR count). The Morgan fingerprint density at radius 2 is 1.80 bits per heavy atom. The molecule has 2 heterocycles. The molecular weight excluding hydrogens is 442 g/mol. The van der Waals surface area contributed by atoms with Gasteiger partial charge >= 0.3 is 5.97 Å². The molecule has 0 spiro atoms. The van der Waals surface area contributed by atoms with Crippen LogP contribution < -0.4 is 4.90 Å². The second kappa shape index (κ2) is 9.38. The molecule has 35 heavy (non-hydrogen) atoms. The number of tetrazole rings is 1. The minimum Gasteiger partial charge on any atom is -0.465 e. The normalized spacial score (nSPS) is 11.1. The van der Waals surface area contributed by atoms with Crippen LogP contribution in [0.2, 0.25) is 0 Å². The molecule has 2 aromatic heterocycles. The predicted octanol–water partition coefficient (Wildman–Crippen LogP) is 4.17. The van der Waals surface area contributed by atoms with E-state index < -0.39 is 0 Å². The highest BCUT2D eigenvalue weighted by Gasteiger charge is 2.20. The number of esters is 1. The summed E-state index contributed by atoms with van der Waals surface area (Å²) in [5, 5.41) is 14.3. The zero-order valence-corrected chi connectivity index (χ0v) is 19.8. The standard InChI is InChI=1S/C26H25N7O2/c1-4-32(2)26-27-22-11-7-10-21(25(34)35-3)23(22)33(26)16-17-12-14-18(15-13-17)19-8-5-6-9-20(19)24-28-30-31-29-24/h5-15H,4,16H2,1-3H3,(H,28,29,30,31). The van der Waals surface area contributed by atoms with E-state index in [2.05, 4.69) is 61.3 Å². The molecule has 0 aliphatic rings. The Bertz CT molecular complexity index is 1470. The van der Waals surface area contributed by atoms with E-state index in [0.717, 1.165) is 45.8 Å². The van der Waals surface area contributed by atoms with E-state index in [1.54, 1.807) is 6.07 Å². The molecule has 0 saturated heterocycles. The molecule has 0 radical (unpaired) electrons. The van der Waals surface area contributed by atoms with Crippen molar-refractivity contribution in [1.82, 2.24) is 30.2 Å². The second-order valence-electron chi connectivity index (χ2n) is 8.17. The summed E-state index contributed by atoms with van der Waals surface area (Å²) in [5.74, 6) is 1.04. The number of fused-ring (bicyclic) bond motifs is 1. The maximum Gasteiger partial charge on any atom is 0.340 e. The van der Waals surface area contributed by atoms with Gasteiger partial charge in [0.1, 0.15) is 0 Å². The van der Waals surface area contributed by atoms with Crippen LogP contribution in [0.4, 0.5) is 5.95 Å². The maximum atomic E-state index is 12.5. The Kier molecular flexibility index (Phi) is 5.97. The summed E-state index contributed by atoms with van der Waals surface area (Å²) in [7, 11) is 3.39. The Balaban J connectivity index is 1.55. The third kappa shape index (κ3) is 4.12. The SMILES string of the molecule is CCN(C)c1nc2cccc(C(=O)OC)c2n1Cc1ccc(-c2ccccc2-c2nnn[nH]2)cc1. The van der Waals surface area contributed by atoms with Crippen LogP contribution in [0.15, 0.2) is 66.7 Å². The summed E-state index contributed by atoms with van der Waals surface area (Å²) in [5.41, 5.74) is 6.12. The Labute approximate surface area is 202 Å². The first-order valence-corrected chi connectivity index (χ1v) is 11.3. The van der Waals surface area contributed by atoms with Gasteiger partial charge in [-0.25, -0.2) is 14.9 Å². The zero-order chi connectivity index (χ0) is 24.4. The largest absolute Gasteiger partial charge is 0.465 e. The van der Waals surface area contributed by atoms with E-state index in [1.807, 2.05) is 43.4 Å². The Hall–Kier alpha value is -4.53. The summed E-state index contributed by atoms with van der Waals surface area (Å²) < 4.78 is 7.12. The van der Waals surface area contributed by atoms with E-state index in [4.69, 9.17) is 9.72 Å². The van der Waals surface area contributed by atoms with E-state index in [-0.39, 0.29) is 5.97 Å². The van der Waals surface area contributed by atoms with Gasteiger partial charge in [0.05, 0.1) is 30.3 Å². The molecule has 0 atom stereocenters. The van der Waals surface area contributed by atoms with Crippen LogP contribution in [0.1, 0.15) is 22.8 Å². The lowest BCUT2D eigenvalue weighted by Gasteiger charge is -2.19. The number of imidazole rings is 1. The van der Waals surface area contributed by atoms with E-state index in [9.17, 15) is 4.79 Å². The first kappa shape index (κ1) is 22.3. The lowest BCUT2D eigenvalue weighted by molar-refractivity contribution is 0.0602. The van der Waals surface area contributed by atoms with Crippen LogP contribution in [-0.4, -0.2) is 56.8 Å². The number of H-pyrrole nitrogens is 1. The predicted molar refractivity (Wildman–Crippen MR) is 134 cm³/mol. The van der Waals surface area contributed by atoms with Gasteiger partial charge in [0.2, 0.25) is 5.95 Å². The van der Waals surface area contributed by atoms with Crippen molar-refractivity contribution in [3.8, 4) is 22.5 Å². The highest BCUT2D eigenvalue weighted by atomic mass is 16.5. The lowest BCUT2D eigenvalue weighted by Crippen LogP contribution is -2.21. The van der Waals surface area contributed by atoms with Gasteiger partial charge in [-0.1, -0.05) is 54.6 Å². The third-order valence-electron chi connectivity index (χ3n) is 6.10. The molecule has 0 saturated carbocycles. The number of aromatic amines is 1. The van der Waals surface area contributed by atoms with Crippen molar-refractivity contribution < 1.29 is 9.53 Å². The number of aromatic nitrogens is 6. The summed E-state index contributed by atoms with van der Waals surface area (Å²) in [4.78, 5) is 19.4. The summed E-state index contributed by atoms with van der Waals surface area (Å²) in [6.07, 6.45) is 0. The van der Waals surface area contributed by atoms with Gasteiger partial charge in [0.15, 0.2) is 5.82 Å². The minimum atomic E-state index is -0.378. The topological polar surface area (TPSA) is 102 Å². The molecule has 5 aromatic rings. The van der Waals surface area contributed by atoms with Gasteiger partial charge in [-0.2, -0.15) is 0 Å². The van der Waals surface area contributed by atoms with Crippen LogP contribution in [0, 0.1) is 0 Å². The number of rotatable bonds is 7. The monoisotopic (exact) mass is 467 g/mol. The van der Waals surface area contributed by atoms with Gasteiger partial charge in [-0.3, -0.25) is 0 Å².